The molecule has 2 rings (SSSR count). The second kappa shape index (κ2) is 10.4. The van der Waals surface area contributed by atoms with Crippen LogP contribution in [0.1, 0.15) is 64.2 Å². The van der Waals surface area contributed by atoms with Gasteiger partial charge in [-0.1, -0.05) is 87.7 Å². The van der Waals surface area contributed by atoms with Gasteiger partial charge in [-0.25, -0.2) is 4.79 Å². The van der Waals surface area contributed by atoms with Crippen LogP contribution in [-0.4, -0.2) is 17.9 Å². The van der Waals surface area contributed by atoms with Gasteiger partial charge in [-0.3, -0.25) is 4.79 Å². The molecule has 29 heavy (non-hydrogen) atoms. The maximum absolute atomic E-state index is 12.7. The third-order valence-electron chi connectivity index (χ3n) is 5.18. The highest BCUT2D eigenvalue weighted by molar-refractivity contribution is 6.30. The Morgan fingerprint density at radius 2 is 1.79 bits per heavy atom. The number of amides is 1. The Kier molecular flexibility index (Phi) is 8.27. The number of alkyl carbamates (subject to hydrolysis) is 1. The van der Waals surface area contributed by atoms with E-state index in [9.17, 15) is 9.59 Å². The summed E-state index contributed by atoms with van der Waals surface area (Å²) in [5.74, 6) is -0.0687. The van der Waals surface area contributed by atoms with E-state index in [0.717, 1.165) is 24.0 Å². The molecule has 0 heterocycles. The van der Waals surface area contributed by atoms with Crippen LogP contribution in [0.5, 0.6) is 0 Å². The van der Waals surface area contributed by atoms with Gasteiger partial charge >= 0.3 is 6.09 Å². The normalized spacial score (nSPS) is 13.4. The molecule has 0 aliphatic carbocycles. The number of nitrogens with one attached hydrogen (secondary N) is 1. The standard InChI is InChI=1S/C24H30ClNO3/c1-5-6-15-21(17(2)27)26-23(28)29-22(18-11-8-7-9-12-18)24(3,4)19-13-10-14-20(25)16-19/h7-14,16,21-22H,5-6,15H2,1-4H3,(H,26,28)/t21-,22-/m0/s1. The van der Waals surface area contributed by atoms with E-state index in [1.165, 1.54) is 6.92 Å². The lowest BCUT2D eigenvalue weighted by Gasteiger charge is -2.35. The molecule has 2 aromatic rings. The van der Waals surface area contributed by atoms with Gasteiger partial charge in [-0.15, -0.1) is 0 Å². The fourth-order valence-electron chi connectivity index (χ4n) is 3.37. The van der Waals surface area contributed by atoms with Gasteiger partial charge in [0.2, 0.25) is 0 Å². The van der Waals surface area contributed by atoms with E-state index < -0.39 is 23.7 Å². The zero-order chi connectivity index (χ0) is 21.4. The van der Waals surface area contributed by atoms with E-state index in [-0.39, 0.29) is 5.78 Å². The molecule has 2 atom stereocenters. The average molecular weight is 416 g/mol. The summed E-state index contributed by atoms with van der Waals surface area (Å²) in [7, 11) is 0. The average Bonchev–Trinajstić information content (AvgIpc) is 2.69. The van der Waals surface area contributed by atoms with Crippen molar-refractivity contribution in [3.05, 3.63) is 70.7 Å². The minimum Gasteiger partial charge on any atom is -0.440 e. The molecule has 156 valence electrons. The molecule has 0 radical (unpaired) electrons. The lowest BCUT2D eigenvalue weighted by atomic mass is 9.76. The van der Waals surface area contributed by atoms with Crippen molar-refractivity contribution in [2.75, 3.05) is 0 Å². The van der Waals surface area contributed by atoms with Gasteiger partial charge in [0.1, 0.15) is 6.10 Å². The first-order valence-electron chi connectivity index (χ1n) is 10.0. The van der Waals surface area contributed by atoms with Crippen molar-refractivity contribution in [3.63, 3.8) is 0 Å². The molecule has 0 bridgehead atoms. The summed E-state index contributed by atoms with van der Waals surface area (Å²) in [4.78, 5) is 24.7. The number of benzene rings is 2. The first-order valence-corrected chi connectivity index (χ1v) is 10.4. The molecular weight excluding hydrogens is 386 g/mol. The monoisotopic (exact) mass is 415 g/mol. The largest absolute Gasteiger partial charge is 0.440 e. The van der Waals surface area contributed by atoms with Crippen LogP contribution in [0, 0.1) is 0 Å². The van der Waals surface area contributed by atoms with Crippen molar-refractivity contribution in [2.24, 2.45) is 0 Å². The van der Waals surface area contributed by atoms with E-state index in [4.69, 9.17) is 16.3 Å². The number of hydrogen-bond acceptors (Lipinski definition) is 3. The molecule has 1 amide bonds. The molecule has 1 N–H and O–H groups in total. The Labute approximate surface area is 178 Å². The zero-order valence-corrected chi connectivity index (χ0v) is 18.3. The van der Waals surface area contributed by atoms with Crippen molar-refractivity contribution < 1.29 is 14.3 Å². The van der Waals surface area contributed by atoms with Crippen LogP contribution in [0.4, 0.5) is 4.79 Å². The van der Waals surface area contributed by atoms with Crippen molar-refractivity contribution >= 4 is 23.5 Å². The molecule has 0 aromatic heterocycles. The Hall–Kier alpha value is -2.33. The summed E-state index contributed by atoms with van der Waals surface area (Å²) in [5.41, 5.74) is 1.29. The third kappa shape index (κ3) is 6.33. The summed E-state index contributed by atoms with van der Waals surface area (Å²) >= 11 is 6.20. The fraction of sp³-hybridized carbons (Fsp3) is 0.417. The molecule has 5 heteroatoms. The molecule has 0 aliphatic heterocycles. The summed E-state index contributed by atoms with van der Waals surface area (Å²) in [6, 6.07) is 16.6. The second-order valence-corrected chi connectivity index (χ2v) is 8.31. The number of unbranched alkanes of at least 4 members (excludes halogenated alkanes) is 1. The van der Waals surface area contributed by atoms with Gasteiger partial charge < -0.3 is 10.1 Å². The number of carbonyl (C=O) groups is 2. The van der Waals surface area contributed by atoms with Crippen molar-refractivity contribution in [3.8, 4) is 0 Å². The van der Waals surface area contributed by atoms with Crippen LogP contribution < -0.4 is 5.32 Å². The predicted molar refractivity (Wildman–Crippen MR) is 117 cm³/mol. The summed E-state index contributed by atoms with van der Waals surface area (Å²) in [6.45, 7) is 7.58. The minimum absolute atomic E-state index is 0.0687. The molecular formula is C24H30ClNO3. The molecule has 0 spiro atoms. The van der Waals surface area contributed by atoms with Gasteiger partial charge in [-0.05, 0) is 36.6 Å². The number of carbonyl (C=O) groups excluding carboxylic acids is 2. The van der Waals surface area contributed by atoms with Crippen LogP contribution >= 0.6 is 11.6 Å². The number of hydrogen-bond donors (Lipinski definition) is 1. The molecule has 0 aliphatic rings. The zero-order valence-electron chi connectivity index (χ0n) is 17.6. The van der Waals surface area contributed by atoms with Gasteiger partial charge in [0.05, 0.1) is 6.04 Å². The molecule has 0 fully saturated rings. The summed E-state index contributed by atoms with van der Waals surface area (Å²) < 4.78 is 5.91. The highest BCUT2D eigenvalue weighted by atomic mass is 35.5. The maximum Gasteiger partial charge on any atom is 0.408 e. The van der Waals surface area contributed by atoms with Crippen molar-refractivity contribution in [2.45, 2.75) is 64.5 Å². The highest BCUT2D eigenvalue weighted by Crippen LogP contribution is 2.40. The molecule has 2 aromatic carbocycles. The third-order valence-corrected chi connectivity index (χ3v) is 5.42. The first-order chi connectivity index (χ1) is 13.8. The van der Waals surface area contributed by atoms with Crippen molar-refractivity contribution in [1.82, 2.24) is 5.32 Å². The smallest absolute Gasteiger partial charge is 0.408 e. The van der Waals surface area contributed by atoms with Crippen LogP contribution in [0.25, 0.3) is 0 Å². The van der Waals surface area contributed by atoms with Gasteiger partial charge in [0.25, 0.3) is 0 Å². The summed E-state index contributed by atoms with van der Waals surface area (Å²) in [6.07, 6.45) is 1.27. The predicted octanol–water partition coefficient (Wildman–Crippen LogP) is 6.23. The van der Waals surface area contributed by atoms with E-state index in [0.29, 0.717) is 11.4 Å². The lowest BCUT2D eigenvalue weighted by molar-refractivity contribution is -0.119. The van der Waals surface area contributed by atoms with E-state index in [1.54, 1.807) is 0 Å². The molecule has 0 saturated heterocycles. The number of ketones is 1. The second-order valence-electron chi connectivity index (χ2n) is 7.88. The quantitative estimate of drug-likeness (QED) is 0.527. The SMILES string of the molecule is CCCC[C@H](NC(=O)O[C@@H](c1ccccc1)C(C)(C)c1cccc(Cl)c1)C(C)=O. The minimum atomic E-state index is -0.592. The summed E-state index contributed by atoms with van der Waals surface area (Å²) in [5, 5.41) is 3.38. The van der Waals surface area contributed by atoms with E-state index in [2.05, 4.69) is 12.2 Å². The Balaban J connectivity index is 2.29. The van der Waals surface area contributed by atoms with Crippen molar-refractivity contribution in [1.29, 1.82) is 0 Å². The van der Waals surface area contributed by atoms with E-state index >= 15 is 0 Å². The fourth-order valence-corrected chi connectivity index (χ4v) is 3.56. The van der Waals surface area contributed by atoms with E-state index in [1.807, 2.05) is 68.4 Å². The molecule has 0 unspecified atom stereocenters. The van der Waals surface area contributed by atoms with Crippen LogP contribution in [0.15, 0.2) is 54.6 Å². The topological polar surface area (TPSA) is 55.4 Å². The lowest BCUT2D eigenvalue weighted by Crippen LogP contribution is -2.42. The highest BCUT2D eigenvalue weighted by Gasteiger charge is 2.36. The Morgan fingerprint density at radius 1 is 1.10 bits per heavy atom. The number of ether oxygens (including phenoxy) is 1. The Morgan fingerprint density at radius 3 is 2.38 bits per heavy atom. The maximum atomic E-state index is 12.7. The number of halogens is 1. The first kappa shape index (κ1) is 23.0. The van der Waals surface area contributed by atoms with Gasteiger partial charge in [-0.2, -0.15) is 0 Å². The number of Topliss-reactive ketones (excluding diaryl/α,β-unsaturated/α-hetero) is 1. The van der Waals surface area contributed by atoms with Gasteiger partial charge in [0, 0.05) is 10.4 Å². The number of rotatable bonds is 9. The van der Waals surface area contributed by atoms with Gasteiger partial charge in [0.15, 0.2) is 5.78 Å². The Bertz CT molecular complexity index is 820. The molecule has 4 nitrogen and oxygen atoms in total. The van der Waals surface area contributed by atoms with Crippen LogP contribution in [-0.2, 0) is 14.9 Å². The van der Waals surface area contributed by atoms with Crippen LogP contribution in [0.2, 0.25) is 5.02 Å². The molecule has 0 saturated carbocycles. The van der Waals surface area contributed by atoms with Crippen LogP contribution in [0.3, 0.4) is 0 Å².